The van der Waals surface area contributed by atoms with Gasteiger partial charge in [0.2, 0.25) is 0 Å². The maximum atomic E-state index is 5.78. The molecule has 0 saturated carbocycles. The minimum Gasteiger partial charge on any atom is -0.324 e. The van der Waals surface area contributed by atoms with Crippen LogP contribution in [0.1, 0.15) is 39.3 Å². The van der Waals surface area contributed by atoms with Crippen molar-refractivity contribution in [2.45, 2.75) is 43.4 Å². The minimum absolute atomic E-state index is 0.128. The van der Waals surface area contributed by atoms with E-state index in [9.17, 15) is 0 Å². The quantitative estimate of drug-likeness (QED) is 0.753. The van der Waals surface area contributed by atoms with Crippen LogP contribution in [0.4, 0.5) is 0 Å². The van der Waals surface area contributed by atoms with Crippen molar-refractivity contribution in [1.82, 2.24) is 0 Å². The van der Waals surface area contributed by atoms with Crippen LogP contribution in [0, 0.1) is 0 Å². The SMILES string of the molecule is CC(N)c1ccc(SC(C)(C)C)cc1. The van der Waals surface area contributed by atoms with Gasteiger partial charge in [-0.25, -0.2) is 0 Å². The molecular formula is C12H19NS. The van der Waals surface area contributed by atoms with Gasteiger partial charge in [-0.2, -0.15) is 0 Å². The van der Waals surface area contributed by atoms with Crippen LogP contribution in [-0.2, 0) is 0 Å². The molecule has 0 aliphatic heterocycles. The van der Waals surface area contributed by atoms with Crippen molar-refractivity contribution in [1.29, 1.82) is 0 Å². The van der Waals surface area contributed by atoms with E-state index in [0.29, 0.717) is 0 Å². The summed E-state index contributed by atoms with van der Waals surface area (Å²) in [4.78, 5) is 1.31. The minimum atomic E-state index is 0.128. The zero-order valence-electron chi connectivity index (χ0n) is 9.37. The summed E-state index contributed by atoms with van der Waals surface area (Å²) in [6.45, 7) is 8.66. The number of thioether (sulfide) groups is 1. The van der Waals surface area contributed by atoms with E-state index in [1.165, 1.54) is 10.5 Å². The number of benzene rings is 1. The fourth-order valence-corrected chi connectivity index (χ4v) is 2.17. The Kier molecular flexibility index (Phi) is 3.62. The molecule has 2 N–H and O–H groups in total. The first-order valence-electron chi connectivity index (χ1n) is 4.93. The fraction of sp³-hybridized carbons (Fsp3) is 0.500. The largest absolute Gasteiger partial charge is 0.324 e. The Hall–Kier alpha value is -0.470. The lowest BCUT2D eigenvalue weighted by molar-refractivity contribution is 0.801. The Labute approximate surface area is 91.1 Å². The average Bonchev–Trinajstić information content (AvgIpc) is 2.02. The fourth-order valence-electron chi connectivity index (χ4n) is 1.19. The van der Waals surface area contributed by atoms with Crippen LogP contribution >= 0.6 is 11.8 Å². The first-order valence-corrected chi connectivity index (χ1v) is 5.75. The molecule has 1 rings (SSSR count). The maximum Gasteiger partial charge on any atom is 0.0266 e. The second-order valence-electron chi connectivity index (χ2n) is 4.57. The highest BCUT2D eigenvalue weighted by atomic mass is 32.2. The van der Waals surface area contributed by atoms with Gasteiger partial charge in [0.1, 0.15) is 0 Å². The zero-order valence-corrected chi connectivity index (χ0v) is 10.2. The summed E-state index contributed by atoms with van der Waals surface area (Å²) in [6.07, 6.45) is 0. The van der Waals surface area contributed by atoms with Gasteiger partial charge in [-0.15, -0.1) is 11.8 Å². The normalized spacial score (nSPS) is 14.1. The lowest BCUT2D eigenvalue weighted by Crippen LogP contribution is -2.07. The molecule has 78 valence electrons. The van der Waals surface area contributed by atoms with E-state index in [0.717, 1.165) is 0 Å². The van der Waals surface area contributed by atoms with Gasteiger partial charge in [-0.05, 0) is 24.6 Å². The molecule has 1 nitrogen and oxygen atoms in total. The predicted octanol–water partition coefficient (Wildman–Crippen LogP) is 3.60. The van der Waals surface area contributed by atoms with E-state index in [-0.39, 0.29) is 10.8 Å². The Bertz CT molecular complexity index is 282. The van der Waals surface area contributed by atoms with Crippen molar-refractivity contribution in [3.63, 3.8) is 0 Å². The van der Waals surface area contributed by atoms with Crippen LogP contribution in [0.25, 0.3) is 0 Å². The Morgan fingerprint density at radius 1 is 1.14 bits per heavy atom. The highest BCUT2D eigenvalue weighted by Crippen LogP contribution is 2.32. The third-order valence-electron chi connectivity index (χ3n) is 1.83. The van der Waals surface area contributed by atoms with E-state index in [2.05, 4.69) is 45.0 Å². The monoisotopic (exact) mass is 209 g/mol. The van der Waals surface area contributed by atoms with E-state index < -0.39 is 0 Å². The van der Waals surface area contributed by atoms with Crippen LogP contribution in [0.5, 0.6) is 0 Å². The number of hydrogen-bond donors (Lipinski definition) is 1. The summed E-state index contributed by atoms with van der Waals surface area (Å²) in [5.74, 6) is 0. The van der Waals surface area contributed by atoms with Crippen molar-refractivity contribution in [2.75, 3.05) is 0 Å². The first-order chi connectivity index (χ1) is 6.38. The lowest BCUT2D eigenvalue weighted by atomic mass is 10.1. The van der Waals surface area contributed by atoms with Gasteiger partial charge in [0, 0.05) is 15.7 Å². The molecule has 1 unspecified atom stereocenters. The molecule has 0 aliphatic rings. The molecule has 0 spiro atoms. The summed E-state index contributed by atoms with van der Waals surface area (Å²) in [7, 11) is 0. The highest BCUT2D eigenvalue weighted by molar-refractivity contribution is 8.00. The van der Waals surface area contributed by atoms with Crippen molar-refractivity contribution < 1.29 is 0 Å². The van der Waals surface area contributed by atoms with E-state index >= 15 is 0 Å². The van der Waals surface area contributed by atoms with Crippen LogP contribution in [-0.4, -0.2) is 4.75 Å². The van der Waals surface area contributed by atoms with Gasteiger partial charge in [0.25, 0.3) is 0 Å². The molecule has 0 fully saturated rings. The van der Waals surface area contributed by atoms with Crippen molar-refractivity contribution in [2.24, 2.45) is 5.73 Å². The molecule has 0 radical (unpaired) electrons. The number of hydrogen-bond acceptors (Lipinski definition) is 2. The number of rotatable bonds is 2. The summed E-state index contributed by atoms with van der Waals surface area (Å²) >= 11 is 1.88. The molecule has 1 aromatic rings. The first kappa shape index (κ1) is 11.6. The second-order valence-corrected chi connectivity index (χ2v) is 6.47. The zero-order chi connectivity index (χ0) is 10.8. The smallest absolute Gasteiger partial charge is 0.0266 e. The maximum absolute atomic E-state index is 5.78. The predicted molar refractivity (Wildman–Crippen MR) is 64.7 cm³/mol. The number of nitrogens with two attached hydrogens (primary N) is 1. The van der Waals surface area contributed by atoms with Crippen LogP contribution in [0.2, 0.25) is 0 Å². The van der Waals surface area contributed by atoms with Gasteiger partial charge >= 0.3 is 0 Å². The van der Waals surface area contributed by atoms with Gasteiger partial charge in [-0.3, -0.25) is 0 Å². The Morgan fingerprint density at radius 3 is 2.00 bits per heavy atom. The molecule has 0 aliphatic carbocycles. The van der Waals surface area contributed by atoms with Gasteiger partial charge in [0.15, 0.2) is 0 Å². The van der Waals surface area contributed by atoms with E-state index in [1.54, 1.807) is 0 Å². The molecule has 0 heterocycles. The molecule has 2 heteroatoms. The second kappa shape index (κ2) is 4.37. The van der Waals surface area contributed by atoms with Crippen molar-refractivity contribution in [3.05, 3.63) is 29.8 Å². The molecule has 0 bridgehead atoms. The van der Waals surface area contributed by atoms with Gasteiger partial charge < -0.3 is 5.73 Å². The standard InChI is InChI=1S/C12H19NS/c1-9(13)10-5-7-11(8-6-10)14-12(2,3)4/h5-9H,13H2,1-4H3. The Morgan fingerprint density at radius 2 is 1.64 bits per heavy atom. The van der Waals surface area contributed by atoms with Crippen LogP contribution < -0.4 is 5.73 Å². The molecule has 0 amide bonds. The molecule has 1 atom stereocenters. The summed E-state index contributed by atoms with van der Waals surface area (Å²) < 4.78 is 0.274. The summed E-state index contributed by atoms with van der Waals surface area (Å²) in [6, 6.07) is 8.64. The molecule has 1 aromatic carbocycles. The van der Waals surface area contributed by atoms with Crippen LogP contribution in [0.3, 0.4) is 0 Å². The molecule has 0 saturated heterocycles. The van der Waals surface area contributed by atoms with E-state index in [4.69, 9.17) is 5.73 Å². The van der Waals surface area contributed by atoms with E-state index in [1.807, 2.05) is 18.7 Å². The topological polar surface area (TPSA) is 26.0 Å². The van der Waals surface area contributed by atoms with Crippen molar-refractivity contribution >= 4 is 11.8 Å². The average molecular weight is 209 g/mol. The third-order valence-corrected chi connectivity index (χ3v) is 2.95. The van der Waals surface area contributed by atoms with Crippen LogP contribution in [0.15, 0.2) is 29.2 Å². The summed E-state index contributed by atoms with van der Waals surface area (Å²) in [5, 5.41) is 0. The van der Waals surface area contributed by atoms with Gasteiger partial charge in [-0.1, -0.05) is 32.9 Å². The van der Waals surface area contributed by atoms with Gasteiger partial charge in [0.05, 0.1) is 0 Å². The molecular weight excluding hydrogens is 190 g/mol. The Balaban J connectivity index is 2.74. The lowest BCUT2D eigenvalue weighted by Gasteiger charge is -2.17. The third kappa shape index (κ3) is 3.72. The highest BCUT2D eigenvalue weighted by Gasteiger charge is 2.11. The van der Waals surface area contributed by atoms with Crippen molar-refractivity contribution in [3.8, 4) is 0 Å². The molecule has 0 aromatic heterocycles. The summed E-state index contributed by atoms with van der Waals surface area (Å²) in [5.41, 5.74) is 6.98. The molecule has 14 heavy (non-hydrogen) atoms.